The van der Waals surface area contributed by atoms with Crippen molar-refractivity contribution in [3.8, 4) is 11.3 Å². The average molecular weight is 393 g/mol. The summed E-state index contributed by atoms with van der Waals surface area (Å²) >= 11 is 6.08. The molecule has 3 aromatic heterocycles. The maximum Gasteiger partial charge on any atom is 0.329 e. The van der Waals surface area contributed by atoms with E-state index in [-0.39, 0.29) is 12.1 Å². The molecule has 1 saturated carbocycles. The van der Waals surface area contributed by atoms with Gasteiger partial charge in [0.05, 0.1) is 16.9 Å². The van der Waals surface area contributed by atoms with Gasteiger partial charge in [-0.15, -0.1) is 0 Å². The van der Waals surface area contributed by atoms with Crippen molar-refractivity contribution in [1.82, 2.24) is 19.9 Å². The summed E-state index contributed by atoms with van der Waals surface area (Å²) in [4.78, 5) is 32.0. The zero-order chi connectivity index (χ0) is 19.1. The Morgan fingerprint density at radius 1 is 1.14 bits per heavy atom. The summed E-state index contributed by atoms with van der Waals surface area (Å²) in [5.41, 5.74) is 2.68. The molecule has 1 N–H and O–H groups in total. The number of carbonyl (C=O) groups is 1. The van der Waals surface area contributed by atoms with E-state index in [4.69, 9.17) is 16.6 Å². The Labute approximate surface area is 166 Å². The molecule has 1 fully saturated rings. The largest absolute Gasteiger partial charge is 0.329 e. The SMILES string of the molecule is O=C(Nc1cnccn1)N1c2nc(-c3cncc(Cl)c3)ccc2C2CCCC21. The number of fused-ring (bicyclic) bond motifs is 3. The molecule has 0 saturated heterocycles. The summed E-state index contributed by atoms with van der Waals surface area (Å²) in [5, 5.41) is 3.40. The lowest BCUT2D eigenvalue weighted by Gasteiger charge is -2.24. The van der Waals surface area contributed by atoms with Gasteiger partial charge in [0.15, 0.2) is 5.82 Å². The Balaban J connectivity index is 1.54. The summed E-state index contributed by atoms with van der Waals surface area (Å²) in [6.45, 7) is 0. The van der Waals surface area contributed by atoms with Crippen LogP contribution < -0.4 is 10.2 Å². The molecule has 3 aromatic rings. The minimum atomic E-state index is -0.231. The molecule has 0 aromatic carbocycles. The topological polar surface area (TPSA) is 83.9 Å². The first-order valence-corrected chi connectivity index (χ1v) is 9.56. The van der Waals surface area contributed by atoms with Gasteiger partial charge in [-0.3, -0.25) is 20.2 Å². The first-order valence-electron chi connectivity index (χ1n) is 9.19. The predicted octanol–water partition coefficient (Wildman–Crippen LogP) is 4.28. The minimum absolute atomic E-state index is 0.118. The van der Waals surface area contributed by atoms with Crippen LogP contribution in [0.3, 0.4) is 0 Å². The van der Waals surface area contributed by atoms with E-state index in [0.717, 1.165) is 36.1 Å². The molecule has 8 heteroatoms. The second kappa shape index (κ2) is 6.83. The van der Waals surface area contributed by atoms with Crippen LogP contribution in [0.2, 0.25) is 5.02 Å². The van der Waals surface area contributed by atoms with Crippen molar-refractivity contribution in [3.63, 3.8) is 0 Å². The van der Waals surface area contributed by atoms with E-state index in [1.54, 1.807) is 29.7 Å². The van der Waals surface area contributed by atoms with E-state index in [1.165, 1.54) is 6.20 Å². The number of amides is 2. The van der Waals surface area contributed by atoms with Crippen LogP contribution in [0.25, 0.3) is 11.3 Å². The van der Waals surface area contributed by atoms with E-state index >= 15 is 0 Å². The fourth-order valence-corrected chi connectivity index (χ4v) is 4.38. The van der Waals surface area contributed by atoms with Crippen LogP contribution in [0.15, 0.2) is 49.2 Å². The lowest BCUT2D eigenvalue weighted by Crippen LogP contribution is -2.40. The van der Waals surface area contributed by atoms with E-state index < -0.39 is 0 Å². The number of rotatable bonds is 2. The Morgan fingerprint density at radius 2 is 2.07 bits per heavy atom. The summed E-state index contributed by atoms with van der Waals surface area (Å²) < 4.78 is 0. The summed E-state index contributed by atoms with van der Waals surface area (Å²) in [5.74, 6) is 1.45. The third-order valence-corrected chi connectivity index (χ3v) is 5.57. The highest BCUT2D eigenvalue weighted by Crippen LogP contribution is 2.49. The summed E-state index contributed by atoms with van der Waals surface area (Å²) in [6.07, 6.45) is 11.1. The van der Waals surface area contributed by atoms with Crippen LogP contribution in [0.5, 0.6) is 0 Å². The van der Waals surface area contributed by atoms with Gasteiger partial charge in [0.25, 0.3) is 0 Å². The molecular weight excluding hydrogens is 376 g/mol. The van der Waals surface area contributed by atoms with Gasteiger partial charge < -0.3 is 0 Å². The molecule has 1 aliphatic heterocycles. The third kappa shape index (κ3) is 2.88. The maximum absolute atomic E-state index is 13.1. The van der Waals surface area contributed by atoms with E-state index in [1.807, 2.05) is 12.1 Å². The number of urea groups is 1. The van der Waals surface area contributed by atoms with Crippen molar-refractivity contribution in [2.75, 3.05) is 10.2 Å². The molecule has 2 unspecified atom stereocenters. The molecule has 28 heavy (non-hydrogen) atoms. The molecule has 1 aliphatic carbocycles. The van der Waals surface area contributed by atoms with Crippen LogP contribution in [-0.2, 0) is 0 Å². The molecule has 4 heterocycles. The van der Waals surface area contributed by atoms with Crippen LogP contribution in [-0.4, -0.2) is 32.0 Å². The van der Waals surface area contributed by atoms with Gasteiger partial charge in [-0.1, -0.05) is 24.1 Å². The number of hydrogen-bond donors (Lipinski definition) is 1. The number of nitrogens with one attached hydrogen (secondary N) is 1. The highest BCUT2D eigenvalue weighted by atomic mass is 35.5. The number of pyridine rings is 2. The summed E-state index contributed by atoms with van der Waals surface area (Å²) in [6, 6.07) is 5.77. The van der Waals surface area contributed by atoms with Gasteiger partial charge in [0.1, 0.15) is 5.82 Å². The van der Waals surface area contributed by atoms with Gasteiger partial charge in [-0.25, -0.2) is 14.8 Å². The van der Waals surface area contributed by atoms with Gasteiger partial charge in [-0.05, 0) is 25.0 Å². The Morgan fingerprint density at radius 3 is 2.89 bits per heavy atom. The lowest BCUT2D eigenvalue weighted by molar-refractivity contribution is 0.255. The standard InChI is InChI=1S/C20H17ClN6O/c21-13-8-12(9-23-10-13)16-5-4-15-14-2-1-3-17(14)27(19(15)25-16)20(28)26-18-11-22-6-7-24-18/h4-11,14,17H,1-3H2,(H,24,26,28). The van der Waals surface area contributed by atoms with Crippen molar-refractivity contribution in [2.24, 2.45) is 0 Å². The molecule has 7 nitrogen and oxygen atoms in total. The quantitative estimate of drug-likeness (QED) is 0.703. The zero-order valence-electron chi connectivity index (χ0n) is 14.9. The van der Waals surface area contributed by atoms with Crippen molar-refractivity contribution in [1.29, 1.82) is 0 Å². The van der Waals surface area contributed by atoms with Crippen LogP contribution >= 0.6 is 11.6 Å². The predicted molar refractivity (Wildman–Crippen MR) is 106 cm³/mol. The fourth-order valence-electron chi connectivity index (χ4n) is 4.20. The second-order valence-corrected chi connectivity index (χ2v) is 7.43. The average Bonchev–Trinajstić information content (AvgIpc) is 3.28. The monoisotopic (exact) mass is 392 g/mol. The lowest BCUT2D eigenvalue weighted by atomic mass is 9.98. The van der Waals surface area contributed by atoms with Gasteiger partial charge >= 0.3 is 6.03 Å². The van der Waals surface area contributed by atoms with E-state index in [0.29, 0.717) is 22.6 Å². The molecule has 5 rings (SSSR count). The van der Waals surface area contributed by atoms with E-state index in [2.05, 4.69) is 26.3 Å². The smallest absolute Gasteiger partial charge is 0.291 e. The third-order valence-electron chi connectivity index (χ3n) is 5.36. The molecule has 0 bridgehead atoms. The first kappa shape index (κ1) is 17.1. The Hall–Kier alpha value is -3.06. The fraction of sp³-hybridized carbons (Fsp3) is 0.250. The number of aromatic nitrogens is 4. The molecule has 0 radical (unpaired) electrons. The molecule has 0 spiro atoms. The van der Waals surface area contributed by atoms with Crippen LogP contribution in [0, 0.1) is 0 Å². The van der Waals surface area contributed by atoms with Gasteiger partial charge in [0.2, 0.25) is 0 Å². The number of nitrogens with zero attached hydrogens (tertiary/aromatic N) is 5. The van der Waals surface area contributed by atoms with Crippen molar-refractivity contribution >= 4 is 29.3 Å². The number of carbonyl (C=O) groups excluding carboxylic acids is 1. The number of anilines is 2. The zero-order valence-corrected chi connectivity index (χ0v) is 15.7. The van der Waals surface area contributed by atoms with Crippen molar-refractivity contribution < 1.29 is 4.79 Å². The van der Waals surface area contributed by atoms with E-state index in [9.17, 15) is 4.79 Å². The number of hydrogen-bond acceptors (Lipinski definition) is 5. The van der Waals surface area contributed by atoms with Crippen LogP contribution in [0.4, 0.5) is 16.4 Å². The van der Waals surface area contributed by atoms with Crippen molar-refractivity contribution in [3.05, 3.63) is 59.8 Å². The highest BCUT2D eigenvalue weighted by molar-refractivity contribution is 6.30. The molecular formula is C20H17ClN6O. The van der Waals surface area contributed by atoms with Gasteiger partial charge in [0, 0.05) is 47.9 Å². The Bertz CT molecular complexity index is 1040. The summed E-state index contributed by atoms with van der Waals surface area (Å²) in [7, 11) is 0. The maximum atomic E-state index is 13.1. The normalized spacial score (nSPS) is 20.0. The first-order chi connectivity index (χ1) is 13.7. The molecule has 140 valence electrons. The Kier molecular flexibility index (Phi) is 4.16. The molecule has 2 aliphatic rings. The molecule has 2 amide bonds. The van der Waals surface area contributed by atoms with Crippen LogP contribution in [0.1, 0.15) is 30.7 Å². The highest BCUT2D eigenvalue weighted by Gasteiger charge is 2.45. The minimum Gasteiger partial charge on any atom is -0.291 e. The van der Waals surface area contributed by atoms with Gasteiger partial charge in [-0.2, -0.15) is 0 Å². The van der Waals surface area contributed by atoms with Crippen molar-refractivity contribution in [2.45, 2.75) is 31.2 Å². The number of halogens is 1. The molecule has 2 atom stereocenters. The second-order valence-electron chi connectivity index (χ2n) is 7.00.